The van der Waals surface area contributed by atoms with Gasteiger partial charge >= 0.3 is 0 Å². The molecule has 6 N–H and O–H groups in total. The van der Waals surface area contributed by atoms with Gasteiger partial charge in [-0.2, -0.15) is 15.0 Å². The van der Waals surface area contributed by atoms with E-state index in [2.05, 4.69) is 25.7 Å². The van der Waals surface area contributed by atoms with Crippen molar-refractivity contribution in [2.24, 2.45) is 5.84 Å². The largest absolute Gasteiger partial charge is 0.394 e. The van der Waals surface area contributed by atoms with Crippen molar-refractivity contribution in [3.63, 3.8) is 0 Å². The van der Waals surface area contributed by atoms with E-state index in [1.165, 1.54) is 0 Å². The average molecular weight is 299 g/mol. The summed E-state index contributed by atoms with van der Waals surface area (Å²) in [5.41, 5.74) is 1.45. The Morgan fingerprint density at radius 1 is 1.19 bits per heavy atom. The second-order valence-corrected chi connectivity index (χ2v) is 5.03. The Balaban J connectivity index is 2.24. The maximum absolute atomic E-state index is 9.33. The Bertz CT molecular complexity index is 463. The van der Waals surface area contributed by atoms with Crippen LogP contribution in [0.3, 0.4) is 0 Å². The van der Waals surface area contributed by atoms with Gasteiger partial charge in [-0.25, -0.2) is 5.84 Å². The van der Waals surface area contributed by atoms with Crippen molar-refractivity contribution >= 4 is 17.8 Å². The van der Waals surface area contributed by atoms with Crippen molar-refractivity contribution in [3.8, 4) is 0 Å². The molecule has 0 unspecified atom stereocenters. The number of ether oxygens (including phenoxy) is 1. The van der Waals surface area contributed by atoms with Crippen LogP contribution >= 0.6 is 0 Å². The Hall–Kier alpha value is -1.75. The Morgan fingerprint density at radius 2 is 1.81 bits per heavy atom. The van der Waals surface area contributed by atoms with Crippen molar-refractivity contribution in [1.29, 1.82) is 0 Å². The number of aliphatic hydroxyl groups is 2. The first kappa shape index (κ1) is 15.6. The summed E-state index contributed by atoms with van der Waals surface area (Å²) < 4.78 is 5.29. The topological polar surface area (TPSA) is 142 Å². The van der Waals surface area contributed by atoms with Gasteiger partial charge in [-0.1, -0.05) is 0 Å². The summed E-state index contributed by atoms with van der Waals surface area (Å²) >= 11 is 0. The molecule has 2 heterocycles. The Labute approximate surface area is 122 Å². The molecule has 0 radical (unpaired) electrons. The van der Waals surface area contributed by atoms with Gasteiger partial charge in [0, 0.05) is 13.1 Å². The molecule has 0 aliphatic carbocycles. The van der Waals surface area contributed by atoms with E-state index in [1.54, 1.807) is 6.92 Å². The van der Waals surface area contributed by atoms with E-state index in [-0.39, 0.29) is 25.1 Å². The number of nitrogens with zero attached hydrogens (tertiary/aromatic N) is 4. The van der Waals surface area contributed by atoms with E-state index in [1.807, 2.05) is 4.90 Å². The lowest BCUT2D eigenvalue weighted by molar-refractivity contribution is 0.122. The highest BCUT2D eigenvalue weighted by Crippen LogP contribution is 2.17. The van der Waals surface area contributed by atoms with Crippen LogP contribution in [0.2, 0.25) is 0 Å². The molecule has 0 amide bonds. The molecule has 0 atom stereocenters. The molecule has 2 rings (SSSR count). The number of hydrazine groups is 1. The van der Waals surface area contributed by atoms with Gasteiger partial charge in [0.25, 0.3) is 0 Å². The monoisotopic (exact) mass is 299 g/mol. The number of aromatic nitrogens is 3. The lowest BCUT2D eigenvalue weighted by Gasteiger charge is -2.29. The van der Waals surface area contributed by atoms with Crippen LogP contribution < -0.4 is 21.5 Å². The SMILES string of the molecule is CC(CO)(CO)Nc1nc(NN)nc(N2CCOCC2)n1. The van der Waals surface area contributed by atoms with Gasteiger partial charge in [0.1, 0.15) is 0 Å². The third-order valence-electron chi connectivity index (χ3n) is 3.16. The molecule has 118 valence electrons. The van der Waals surface area contributed by atoms with Crippen LogP contribution in [-0.2, 0) is 4.74 Å². The lowest BCUT2D eigenvalue weighted by Crippen LogP contribution is -2.43. The maximum atomic E-state index is 9.33. The molecular weight excluding hydrogens is 278 g/mol. The van der Waals surface area contributed by atoms with Crippen LogP contribution in [0.5, 0.6) is 0 Å². The van der Waals surface area contributed by atoms with Crippen molar-refractivity contribution in [2.45, 2.75) is 12.5 Å². The lowest BCUT2D eigenvalue weighted by atomic mass is 10.1. The highest BCUT2D eigenvalue weighted by atomic mass is 16.5. The van der Waals surface area contributed by atoms with Gasteiger partial charge in [-0.15, -0.1) is 0 Å². The summed E-state index contributed by atoms with van der Waals surface area (Å²) in [5.74, 6) is 6.26. The number of hydrogen-bond acceptors (Lipinski definition) is 10. The van der Waals surface area contributed by atoms with Crippen molar-refractivity contribution in [3.05, 3.63) is 0 Å². The van der Waals surface area contributed by atoms with Crippen LogP contribution in [0.4, 0.5) is 17.8 Å². The summed E-state index contributed by atoms with van der Waals surface area (Å²) in [6, 6.07) is 0. The standard InChI is InChI=1S/C11H21N7O3/c1-11(6-19,7-20)16-8-13-9(17-12)15-10(14-8)18-2-4-21-5-3-18/h19-20H,2-7,12H2,1H3,(H2,13,14,15,16,17). The highest BCUT2D eigenvalue weighted by molar-refractivity contribution is 5.44. The fourth-order valence-corrected chi connectivity index (χ4v) is 1.79. The normalized spacial score (nSPS) is 15.9. The van der Waals surface area contributed by atoms with Gasteiger partial charge < -0.3 is 25.2 Å². The van der Waals surface area contributed by atoms with Crippen molar-refractivity contribution in [2.75, 3.05) is 55.2 Å². The Morgan fingerprint density at radius 3 is 2.38 bits per heavy atom. The quantitative estimate of drug-likeness (QED) is 0.300. The van der Waals surface area contributed by atoms with E-state index in [0.29, 0.717) is 32.3 Å². The molecule has 0 aromatic carbocycles. The molecule has 0 saturated carbocycles. The number of nitrogens with one attached hydrogen (secondary N) is 2. The van der Waals surface area contributed by atoms with E-state index in [0.717, 1.165) is 0 Å². The highest BCUT2D eigenvalue weighted by Gasteiger charge is 2.24. The van der Waals surface area contributed by atoms with Gasteiger partial charge in [0.15, 0.2) is 0 Å². The third kappa shape index (κ3) is 3.88. The predicted octanol–water partition coefficient (Wildman–Crippen LogP) is -1.85. The van der Waals surface area contributed by atoms with Crippen LogP contribution in [-0.4, -0.2) is 70.2 Å². The molecule has 1 saturated heterocycles. The zero-order chi connectivity index (χ0) is 15.3. The van der Waals surface area contributed by atoms with Gasteiger partial charge in [-0.3, -0.25) is 5.43 Å². The van der Waals surface area contributed by atoms with E-state index in [4.69, 9.17) is 10.6 Å². The first-order chi connectivity index (χ1) is 10.1. The molecule has 1 aliphatic heterocycles. The van der Waals surface area contributed by atoms with E-state index >= 15 is 0 Å². The number of anilines is 3. The molecule has 1 aliphatic rings. The van der Waals surface area contributed by atoms with E-state index < -0.39 is 5.54 Å². The summed E-state index contributed by atoms with van der Waals surface area (Å²) in [6.07, 6.45) is 0. The number of aliphatic hydroxyl groups excluding tert-OH is 2. The molecule has 10 nitrogen and oxygen atoms in total. The minimum atomic E-state index is -0.935. The zero-order valence-electron chi connectivity index (χ0n) is 11.9. The van der Waals surface area contributed by atoms with Gasteiger partial charge in [0.2, 0.25) is 17.8 Å². The molecule has 0 spiro atoms. The van der Waals surface area contributed by atoms with Gasteiger partial charge in [-0.05, 0) is 6.92 Å². The zero-order valence-corrected chi connectivity index (χ0v) is 11.9. The summed E-state index contributed by atoms with van der Waals surface area (Å²) in [6.45, 7) is 3.66. The first-order valence-corrected chi connectivity index (χ1v) is 6.65. The van der Waals surface area contributed by atoms with Gasteiger partial charge in [0.05, 0.1) is 32.0 Å². The van der Waals surface area contributed by atoms with E-state index in [9.17, 15) is 10.2 Å². The predicted molar refractivity (Wildman–Crippen MR) is 76.9 cm³/mol. The summed E-state index contributed by atoms with van der Waals surface area (Å²) in [4.78, 5) is 14.5. The summed E-state index contributed by atoms with van der Waals surface area (Å²) in [7, 11) is 0. The molecule has 0 bridgehead atoms. The van der Waals surface area contributed by atoms with Crippen molar-refractivity contribution < 1.29 is 14.9 Å². The van der Waals surface area contributed by atoms with Crippen LogP contribution in [0.1, 0.15) is 6.92 Å². The number of nitrogen functional groups attached to an aromatic ring is 1. The second kappa shape index (κ2) is 6.80. The molecule has 1 fully saturated rings. The molecule has 1 aromatic rings. The maximum Gasteiger partial charge on any atom is 0.243 e. The number of rotatable bonds is 6. The Kier molecular flexibility index (Phi) is 5.07. The molecule has 21 heavy (non-hydrogen) atoms. The average Bonchev–Trinajstić information content (AvgIpc) is 2.55. The molecule has 1 aromatic heterocycles. The minimum absolute atomic E-state index is 0.201. The van der Waals surface area contributed by atoms with Crippen molar-refractivity contribution in [1.82, 2.24) is 15.0 Å². The number of nitrogens with two attached hydrogens (primary N) is 1. The number of hydrogen-bond donors (Lipinski definition) is 5. The molecular formula is C11H21N7O3. The van der Waals surface area contributed by atoms with Crippen LogP contribution in [0.25, 0.3) is 0 Å². The minimum Gasteiger partial charge on any atom is -0.394 e. The fourth-order valence-electron chi connectivity index (χ4n) is 1.79. The smallest absolute Gasteiger partial charge is 0.243 e. The third-order valence-corrected chi connectivity index (χ3v) is 3.16. The fraction of sp³-hybridized carbons (Fsp3) is 0.727. The van der Waals surface area contributed by atoms with Crippen LogP contribution in [0, 0.1) is 0 Å². The summed E-state index contributed by atoms with van der Waals surface area (Å²) in [5, 5.41) is 21.6. The first-order valence-electron chi connectivity index (χ1n) is 6.65. The molecule has 10 heteroatoms. The van der Waals surface area contributed by atoms with Crippen LogP contribution in [0.15, 0.2) is 0 Å². The second-order valence-electron chi connectivity index (χ2n) is 5.03. The number of morpholine rings is 1.